The first-order valence-electron chi connectivity index (χ1n) is 8.84. The fraction of sp³-hybridized carbons (Fsp3) is 0.350. The SMILES string of the molecule is CNC(=O)C1CN(Cc2ccc(OCc3ccc(Cl)c(F)c3)cc2)C1.OC(F)F. The Balaban J connectivity index is 0.000000687. The van der Waals surface area contributed by atoms with E-state index in [2.05, 4.69) is 10.2 Å². The second-order valence-electron chi connectivity index (χ2n) is 6.46. The minimum Gasteiger partial charge on any atom is -0.489 e. The van der Waals surface area contributed by atoms with Crippen LogP contribution in [0.5, 0.6) is 5.75 Å². The number of ether oxygens (including phenoxy) is 1. The lowest BCUT2D eigenvalue weighted by atomic mass is 9.98. The smallest absolute Gasteiger partial charge is 0.342 e. The van der Waals surface area contributed by atoms with Crippen LogP contribution in [0.25, 0.3) is 0 Å². The van der Waals surface area contributed by atoms with Gasteiger partial charge in [-0.15, -0.1) is 0 Å². The first kappa shape index (κ1) is 23.0. The van der Waals surface area contributed by atoms with Gasteiger partial charge in [-0.25, -0.2) is 4.39 Å². The summed E-state index contributed by atoms with van der Waals surface area (Å²) in [5.41, 5.74) is 1.90. The molecule has 3 rings (SSSR count). The van der Waals surface area contributed by atoms with Crippen molar-refractivity contribution in [2.45, 2.75) is 19.8 Å². The van der Waals surface area contributed by atoms with Crippen LogP contribution in [-0.2, 0) is 17.9 Å². The minimum absolute atomic E-state index is 0.104. The molecule has 0 bridgehead atoms. The van der Waals surface area contributed by atoms with Crippen molar-refractivity contribution in [1.29, 1.82) is 0 Å². The monoisotopic (exact) mass is 430 g/mol. The van der Waals surface area contributed by atoms with Crippen LogP contribution in [0.1, 0.15) is 11.1 Å². The number of halogens is 4. The van der Waals surface area contributed by atoms with E-state index >= 15 is 0 Å². The summed E-state index contributed by atoms with van der Waals surface area (Å²) in [5, 5.41) is 9.51. The average molecular weight is 431 g/mol. The van der Waals surface area contributed by atoms with Gasteiger partial charge in [-0.1, -0.05) is 29.8 Å². The highest BCUT2D eigenvalue weighted by Gasteiger charge is 2.31. The number of nitrogens with one attached hydrogen (secondary N) is 1. The summed E-state index contributed by atoms with van der Waals surface area (Å²) in [6.07, 6.45) is 0. The van der Waals surface area contributed by atoms with Crippen LogP contribution in [0.2, 0.25) is 5.02 Å². The van der Waals surface area contributed by atoms with E-state index in [1.807, 2.05) is 24.3 Å². The molecule has 1 heterocycles. The van der Waals surface area contributed by atoms with Gasteiger partial charge in [-0.05, 0) is 35.4 Å². The van der Waals surface area contributed by atoms with E-state index in [1.165, 1.54) is 17.7 Å². The number of nitrogens with zero attached hydrogens (tertiary/aromatic N) is 1. The van der Waals surface area contributed by atoms with Crippen molar-refractivity contribution in [3.05, 3.63) is 64.4 Å². The van der Waals surface area contributed by atoms with Crippen molar-refractivity contribution < 1.29 is 27.8 Å². The number of carbonyl (C=O) groups excluding carboxylic acids is 1. The van der Waals surface area contributed by atoms with Gasteiger partial charge in [0.1, 0.15) is 18.2 Å². The van der Waals surface area contributed by atoms with Gasteiger partial charge in [0.25, 0.3) is 0 Å². The van der Waals surface area contributed by atoms with Gasteiger partial charge in [0.2, 0.25) is 5.91 Å². The van der Waals surface area contributed by atoms with Gasteiger partial charge in [0.15, 0.2) is 0 Å². The maximum absolute atomic E-state index is 13.4. The zero-order valence-electron chi connectivity index (χ0n) is 15.7. The Labute approximate surface area is 172 Å². The van der Waals surface area contributed by atoms with Crippen LogP contribution in [-0.4, -0.2) is 42.7 Å². The summed E-state index contributed by atoms with van der Waals surface area (Å²) < 4.78 is 38.9. The van der Waals surface area contributed by atoms with E-state index < -0.39 is 12.4 Å². The molecule has 0 radical (unpaired) electrons. The summed E-state index contributed by atoms with van der Waals surface area (Å²) in [5.74, 6) is 0.500. The van der Waals surface area contributed by atoms with Gasteiger partial charge < -0.3 is 15.2 Å². The predicted octanol–water partition coefficient (Wildman–Crippen LogP) is 3.44. The lowest BCUT2D eigenvalue weighted by Crippen LogP contribution is -2.52. The molecular formula is C20H22ClF3N2O3. The quantitative estimate of drug-likeness (QED) is 0.737. The molecule has 1 aliphatic heterocycles. The van der Waals surface area contributed by atoms with E-state index in [1.54, 1.807) is 13.1 Å². The Morgan fingerprint density at radius 1 is 1.24 bits per heavy atom. The van der Waals surface area contributed by atoms with Crippen LogP contribution in [0.4, 0.5) is 13.2 Å². The lowest BCUT2D eigenvalue weighted by Gasteiger charge is -2.38. The number of aliphatic hydroxyl groups excluding tert-OH is 1. The molecule has 1 amide bonds. The van der Waals surface area contributed by atoms with E-state index in [0.29, 0.717) is 0 Å². The number of likely N-dealkylation sites (tertiary alicyclic amines) is 1. The largest absolute Gasteiger partial charge is 0.489 e. The number of rotatable bonds is 6. The normalized spacial score (nSPS) is 14.0. The molecule has 1 aliphatic rings. The van der Waals surface area contributed by atoms with Gasteiger partial charge in [-0.2, -0.15) is 8.78 Å². The number of alkyl halides is 2. The number of benzene rings is 2. The van der Waals surface area contributed by atoms with Gasteiger partial charge in [-0.3, -0.25) is 9.69 Å². The van der Waals surface area contributed by atoms with Gasteiger partial charge in [0.05, 0.1) is 10.9 Å². The summed E-state index contributed by atoms with van der Waals surface area (Å²) in [6.45, 7) is -0.482. The molecule has 2 aromatic carbocycles. The number of amides is 1. The summed E-state index contributed by atoms with van der Waals surface area (Å²) in [6, 6.07) is 12.5. The standard InChI is InChI=1S/C19H20ClFN2O2.CH2F2O/c1-22-19(24)15-10-23(11-15)9-13-2-5-16(6-3-13)25-12-14-4-7-17(20)18(21)8-14;2-1(3)4/h2-8,15H,9-12H2,1H3,(H,22,24);1,4H. The highest BCUT2D eigenvalue weighted by Crippen LogP contribution is 2.21. The number of hydrogen-bond donors (Lipinski definition) is 2. The molecule has 2 N–H and O–H groups in total. The van der Waals surface area contributed by atoms with E-state index in [9.17, 15) is 18.0 Å². The molecule has 2 aromatic rings. The molecule has 158 valence electrons. The molecule has 1 fully saturated rings. The Morgan fingerprint density at radius 2 is 1.83 bits per heavy atom. The third-order valence-electron chi connectivity index (χ3n) is 4.29. The van der Waals surface area contributed by atoms with Crippen LogP contribution >= 0.6 is 11.6 Å². The maximum Gasteiger partial charge on any atom is 0.342 e. The Kier molecular flexibility index (Phi) is 8.75. The average Bonchev–Trinajstić information content (AvgIpc) is 2.65. The molecule has 1 saturated heterocycles. The van der Waals surface area contributed by atoms with Gasteiger partial charge >= 0.3 is 6.61 Å². The predicted molar refractivity (Wildman–Crippen MR) is 103 cm³/mol. The lowest BCUT2D eigenvalue weighted by molar-refractivity contribution is -0.129. The third-order valence-corrected chi connectivity index (χ3v) is 4.60. The highest BCUT2D eigenvalue weighted by molar-refractivity contribution is 6.30. The Hall–Kier alpha value is -2.29. The Morgan fingerprint density at radius 3 is 2.38 bits per heavy atom. The molecule has 0 aliphatic carbocycles. The second-order valence-corrected chi connectivity index (χ2v) is 6.87. The zero-order valence-corrected chi connectivity index (χ0v) is 16.5. The summed E-state index contributed by atoms with van der Waals surface area (Å²) in [7, 11) is 1.67. The molecule has 0 aromatic heterocycles. The maximum atomic E-state index is 13.4. The first-order chi connectivity index (χ1) is 13.8. The van der Waals surface area contributed by atoms with Crippen molar-refractivity contribution in [2.75, 3.05) is 20.1 Å². The second kappa shape index (κ2) is 11.0. The molecule has 9 heteroatoms. The molecule has 29 heavy (non-hydrogen) atoms. The fourth-order valence-electron chi connectivity index (χ4n) is 2.81. The highest BCUT2D eigenvalue weighted by atomic mass is 35.5. The molecule has 0 unspecified atom stereocenters. The third kappa shape index (κ3) is 7.56. The van der Waals surface area contributed by atoms with Gasteiger partial charge in [0, 0.05) is 26.7 Å². The van der Waals surface area contributed by atoms with Crippen LogP contribution in [0.15, 0.2) is 42.5 Å². The van der Waals surface area contributed by atoms with E-state index in [0.717, 1.165) is 30.9 Å². The van der Waals surface area contributed by atoms with Crippen LogP contribution < -0.4 is 10.1 Å². The molecule has 0 saturated carbocycles. The van der Waals surface area contributed by atoms with Crippen LogP contribution in [0, 0.1) is 11.7 Å². The van der Waals surface area contributed by atoms with Crippen molar-refractivity contribution in [2.24, 2.45) is 5.92 Å². The molecule has 0 atom stereocenters. The van der Waals surface area contributed by atoms with Crippen LogP contribution in [0.3, 0.4) is 0 Å². The number of carbonyl (C=O) groups is 1. The summed E-state index contributed by atoms with van der Waals surface area (Å²) in [4.78, 5) is 13.7. The van der Waals surface area contributed by atoms with Crippen molar-refractivity contribution >= 4 is 17.5 Å². The zero-order chi connectivity index (χ0) is 21.4. The molecule has 5 nitrogen and oxygen atoms in total. The number of hydrogen-bond acceptors (Lipinski definition) is 4. The van der Waals surface area contributed by atoms with E-state index in [4.69, 9.17) is 21.4 Å². The minimum atomic E-state index is -3.17. The fourth-order valence-corrected chi connectivity index (χ4v) is 2.93. The molecule has 0 spiro atoms. The van der Waals surface area contributed by atoms with Crippen molar-refractivity contribution in [3.63, 3.8) is 0 Å². The Bertz CT molecular complexity index is 797. The summed E-state index contributed by atoms with van der Waals surface area (Å²) >= 11 is 5.67. The van der Waals surface area contributed by atoms with E-state index in [-0.39, 0.29) is 23.5 Å². The first-order valence-corrected chi connectivity index (χ1v) is 9.22. The van der Waals surface area contributed by atoms with Crippen molar-refractivity contribution in [3.8, 4) is 5.75 Å². The number of aliphatic hydroxyl groups is 1. The molecular weight excluding hydrogens is 409 g/mol. The van der Waals surface area contributed by atoms with Crippen molar-refractivity contribution in [1.82, 2.24) is 10.2 Å². The topological polar surface area (TPSA) is 61.8 Å².